The SMILES string of the molecule is O=C(c1cccnc1)N1CC2(COC(Cc3ccc(F)cc3)C2)C1. The quantitative estimate of drug-likeness (QED) is 0.871. The predicted octanol–water partition coefficient (Wildman–Crippen LogP) is 2.69. The number of nitrogens with zero attached hydrogens (tertiary/aromatic N) is 2. The molecule has 4 rings (SSSR count). The van der Waals surface area contributed by atoms with Crippen molar-refractivity contribution in [3.8, 4) is 0 Å². The highest BCUT2D eigenvalue weighted by molar-refractivity contribution is 5.94. The van der Waals surface area contributed by atoms with Crippen LogP contribution in [0.25, 0.3) is 0 Å². The van der Waals surface area contributed by atoms with Crippen LogP contribution in [0.15, 0.2) is 48.8 Å². The van der Waals surface area contributed by atoms with Gasteiger partial charge in [0.15, 0.2) is 0 Å². The van der Waals surface area contributed by atoms with Crippen LogP contribution in [-0.2, 0) is 11.2 Å². The third-order valence-electron chi connectivity index (χ3n) is 4.91. The number of hydrogen-bond acceptors (Lipinski definition) is 3. The standard InChI is InChI=1S/C19H19FN2O2/c20-16-5-3-14(4-6-16)8-17-9-19(13-24-17)11-22(12-19)18(23)15-2-1-7-21-10-15/h1-7,10,17H,8-9,11-13H2. The minimum Gasteiger partial charge on any atom is -0.377 e. The summed E-state index contributed by atoms with van der Waals surface area (Å²) < 4.78 is 18.9. The molecule has 2 aliphatic rings. The van der Waals surface area contributed by atoms with Crippen LogP contribution in [0.3, 0.4) is 0 Å². The Morgan fingerprint density at radius 2 is 2.08 bits per heavy atom. The lowest BCUT2D eigenvalue weighted by Gasteiger charge is -2.47. The van der Waals surface area contributed by atoms with Gasteiger partial charge in [-0.2, -0.15) is 0 Å². The van der Waals surface area contributed by atoms with Crippen LogP contribution in [0.2, 0.25) is 0 Å². The fraction of sp³-hybridized carbons (Fsp3) is 0.368. The summed E-state index contributed by atoms with van der Waals surface area (Å²) in [5.41, 5.74) is 1.80. The molecule has 2 saturated heterocycles. The van der Waals surface area contributed by atoms with Crippen molar-refractivity contribution in [1.29, 1.82) is 0 Å². The molecule has 0 N–H and O–H groups in total. The summed E-state index contributed by atoms with van der Waals surface area (Å²) in [4.78, 5) is 18.2. The van der Waals surface area contributed by atoms with Gasteiger partial charge in [-0.05, 0) is 42.7 Å². The van der Waals surface area contributed by atoms with Gasteiger partial charge in [-0.25, -0.2) is 4.39 Å². The highest BCUT2D eigenvalue weighted by Gasteiger charge is 2.50. The van der Waals surface area contributed by atoms with Crippen LogP contribution in [-0.4, -0.2) is 41.6 Å². The molecule has 1 amide bonds. The van der Waals surface area contributed by atoms with Gasteiger partial charge in [-0.1, -0.05) is 12.1 Å². The minimum atomic E-state index is -0.217. The van der Waals surface area contributed by atoms with Crippen LogP contribution in [0, 0.1) is 11.2 Å². The van der Waals surface area contributed by atoms with E-state index in [9.17, 15) is 9.18 Å². The van der Waals surface area contributed by atoms with Crippen LogP contribution in [0.1, 0.15) is 22.3 Å². The number of aromatic nitrogens is 1. The summed E-state index contributed by atoms with van der Waals surface area (Å²) in [6, 6.07) is 10.2. The molecule has 5 heteroatoms. The molecule has 1 atom stereocenters. The number of pyridine rings is 1. The third kappa shape index (κ3) is 2.91. The molecule has 1 spiro atoms. The smallest absolute Gasteiger partial charge is 0.255 e. The van der Waals surface area contributed by atoms with E-state index in [-0.39, 0.29) is 23.2 Å². The molecular weight excluding hydrogens is 307 g/mol. The number of carbonyl (C=O) groups excluding carboxylic acids is 1. The summed E-state index contributed by atoms with van der Waals surface area (Å²) in [5, 5.41) is 0. The Kier molecular flexibility index (Phi) is 3.81. The number of likely N-dealkylation sites (tertiary alicyclic amines) is 1. The summed E-state index contributed by atoms with van der Waals surface area (Å²) in [7, 11) is 0. The molecule has 1 unspecified atom stereocenters. The lowest BCUT2D eigenvalue weighted by molar-refractivity contribution is -0.00136. The number of benzene rings is 1. The minimum absolute atomic E-state index is 0.0377. The first-order valence-electron chi connectivity index (χ1n) is 8.19. The lowest BCUT2D eigenvalue weighted by Crippen LogP contribution is -2.59. The van der Waals surface area contributed by atoms with E-state index in [4.69, 9.17) is 4.74 Å². The zero-order valence-electron chi connectivity index (χ0n) is 13.3. The van der Waals surface area contributed by atoms with Gasteiger partial charge in [0.1, 0.15) is 5.82 Å². The second-order valence-electron chi connectivity index (χ2n) is 6.87. The molecule has 124 valence electrons. The first-order chi connectivity index (χ1) is 11.6. The maximum Gasteiger partial charge on any atom is 0.255 e. The number of ether oxygens (including phenoxy) is 1. The van der Waals surface area contributed by atoms with Gasteiger partial charge in [-0.3, -0.25) is 9.78 Å². The molecular formula is C19H19FN2O2. The molecule has 1 aromatic carbocycles. The first-order valence-corrected chi connectivity index (χ1v) is 8.19. The van der Waals surface area contributed by atoms with Crippen molar-refractivity contribution in [1.82, 2.24) is 9.88 Å². The molecule has 0 aliphatic carbocycles. The van der Waals surface area contributed by atoms with E-state index < -0.39 is 0 Å². The summed E-state index contributed by atoms with van der Waals surface area (Å²) in [5.74, 6) is -0.179. The molecule has 4 nitrogen and oxygen atoms in total. The number of carbonyl (C=O) groups is 1. The monoisotopic (exact) mass is 326 g/mol. The fourth-order valence-electron chi connectivity index (χ4n) is 3.71. The maximum absolute atomic E-state index is 13.0. The van der Waals surface area contributed by atoms with Gasteiger partial charge < -0.3 is 9.64 Å². The van der Waals surface area contributed by atoms with Gasteiger partial charge in [0.2, 0.25) is 0 Å². The van der Waals surface area contributed by atoms with Gasteiger partial charge in [-0.15, -0.1) is 0 Å². The van der Waals surface area contributed by atoms with Crippen molar-refractivity contribution in [2.24, 2.45) is 5.41 Å². The van der Waals surface area contributed by atoms with Crippen molar-refractivity contribution < 1.29 is 13.9 Å². The molecule has 0 bridgehead atoms. The van der Waals surface area contributed by atoms with E-state index >= 15 is 0 Å². The summed E-state index contributed by atoms with van der Waals surface area (Å²) >= 11 is 0. The molecule has 24 heavy (non-hydrogen) atoms. The first kappa shape index (κ1) is 15.3. The lowest BCUT2D eigenvalue weighted by atomic mass is 9.77. The molecule has 2 aromatic rings. The normalized spacial score (nSPS) is 21.7. The highest BCUT2D eigenvalue weighted by atomic mass is 19.1. The molecule has 2 fully saturated rings. The number of amides is 1. The molecule has 1 aromatic heterocycles. The van der Waals surface area contributed by atoms with Crippen LogP contribution in [0.5, 0.6) is 0 Å². The van der Waals surface area contributed by atoms with E-state index in [2.05, 4.69) is 4.98 Å². The van der Waals surface area contributed by atoms with Crippen molar-refractivity contribution in [3.05, 3.63) is 65.7 Å². The number of halogens is 1. The molecule has 3 heterocycles. The van der Waals surface area contributed by atoms with E-state index in [1.165, 1.54) is 12.1 Å². The van der Waals surface area contributed by atoms with Gasteiger partial charge in [0, 0.05) is 30.9 Å². The van der Waals surface area contributed by atoms with Gasteiger partial charge >= 0.3 is 0 Å². The van der Waals surface area contributed by atoms with E-state index in [0.717, 1.165) is 31.5 Å². The Labute approximate surface area is 140 Å². The third-order valence-corrected chi connectivity index (χ3v) is 4.91. The van der Waals surface area contributed by atoms with E-state index in [1.54, 1.807) is 24.5 Å². The number of hydrogen-bond donors (Lipinski definition) is 0. The molecule has 0 radical (unpaired) electrons. The average molecular weight is 326 g/mol. The zero-order valence-corrected chi connectivity index (χ0v) is 13.3. The Morgan fingerprint density at radius 1 is 1.29 bits per heavy atom. The average Bonchev–Trinajstić information content (AvgIpc) is 3.00. The topological polar surface area (TPSA) is 42.4 Å². The van der Waals surface area contributed by atoms with Crippen LogP contribution >= 0.6 is 0 Å². The van der Waals surface area contributed by atoms with Crippen molar-refractivity contribution in [2.75, 3.05) is 19.7 Å². The Bertz CT molecular complexity index is 727. The summed E-state index contributed by atoms with van der Waals surface area (Å²) in [6.07, 6.45) is 5.15. The second-order valence-corrected chi connectivity index (χ2v) is 6.87. The highest BCUT2D eigenvalue weighted by Crippen LogP contribution is 2.42. The molecule has 2 aliphatic heterocycles. The van der Waals surface area contributed by atoms with Gasteiger partial charge in [0.05, 0.1) is 18.3 Å². The van der Waals surface area contributed by atoms with E-state index in [1.807, 2.05) is 17.0 Å². The van der Waals surface area contributed by atoms with Gasteiger partial charge in [0.25, 0.3) is 5.91 Å². The number of rotatable bonds is 3. The Hall–Kier alpha value is -2.27. The molecule has 0 saturated carbocycles. The van der Waals surface area contributed by atoms with Crippen molar-refractivity contribution in [2.45, 2.75) is 18.9 Å². The predicted molar refractivity (Wildman–Crippen MR) is 87.0 cm³/mol. The zero-order chi connectivity index (χ0) is 16.6. The maximum atomic E-state index is 13.0. The van der Waals surface area contributed by atoms with Crippen LogP contribution < -0.4 is 0 Å². The largest absolute Gasteiger partial charge is 0.377 e. The van der Waals surface area contributed by atoms with Crippen molar-refractivity contribution in [3.63, 3.8) is 0 Å². The Balaban J connectivity index is 1.33. The van der Waals surface area contributed by atoms with E-state index in [0.29, 0.717) is 12.2 Å². The fourth-order valence-corrected chi connectivity index (χ4v) is 3.71. The van der Waals surface area contributed by atoms with Crippen molar-refractivity contribution >= 4 is 5.91 Å². The Morgan fingerprint density at radius 3 is 2.79 bits per heavy atom. The van der Waals surface area contributed by atoms with Crippen LogP contribution in [0.4, 0.5) is 4.39 Å². The second kappa shape index (κ2) is 5.98. The summed E-state index contributed by atoms with van der Waals surface area (Å²) in [6.45, 7) is 2.16.